The van der Waals surface area contributed by atoms with Gasteiger partial charge in [0, 0.05) is 12.0 Å². The molecule has 2 bridgehead atoms. The Hall–Kier alpha value is -1.42. The predicted molar refractivity (Wildman–Crippen MR) is 64.5 cm³/mol. The molecule has 1 heterocycles. The number of fused-ring (bicyclic) bond motifs is 2. The van der Waals surface area contributed by atoms with Crippen LogP contribution in [0.15, 0.2) is 24.5 Å². The maximum Gasteiger partial charge on any atom is 0.229 e. The number of anilines is 1. The maximum absolute atomic E-state index is 12.1. The molecular formula is C12H12ClN3O. The smallest absolute Gasteiger partial charge is 0.229 e. The molecule has 88 valence electrons. The van der Waals surface area contributed by atoms with Crippen molar-refractivity contribution >= 4 is 23.3 Å². The largest absolute Gasteiger partial charge is 0.310 e. The number of hydrogen-bond donors (Lipinski definition) is 1. The minimum atomic E-state index is 0.0385. The normalized spacial score (nSPS) is 29.6. The zero-order valence-corrected chi connectivity index (χ0v) is 9.89. The summed E-state index contributed by atoms with van der Waals surface area (Å²) in [6.07, 6.45) is 7.79. The van der Waals surface area contributed by atoms with Crippen molar-refractivity contribution in [2.45, 2.75) is 12.8 Å². The number of aromatic nitrogens is 2. The second-order valence-corrected chi connectivity index (χ2v) is 4.99. The van der Waals surface area contributed by atoms with E-state index in [4.69, 9.17) is 11.6 Å². The van der Waals surface area contributed by atoms with Gasteiger partial charge in [-0.25, -0.2) is 9.97 Å². The highest BCUT2D eigenvalue weighted by Gasteiger charge is 2.39. The van der Waals surface area contributed by atoms with Crippen molar-refractivity contribution in [1.29, 1.82) is 0 Å². The number of hydrogen-bond acceptors (Lipinski definition) is 3. The number of allylic oxidation sites excluding steroid dienone is 2. The molecule has 1 fully saturated rings. The zero-order valence-electron chi connectivity index (χ0n) is 9.14. The van der Waals surface area contributed by atoms with E-state index in [1.54, 1.807) is 6.07 Å². The van der Waals surface area contributed by atoms with Gasteiger partial charge in [0.15, 0.2) is 0 Å². The van der Waals surface area contributed by atoms with Gasteiger partial charge in [-0.2, -0.15) is 0 Å². The van der Waals surface area contributed by atoms with Crippen LogP contribution in [-0.4, -0.2) is 15.9 Å². The van der Waals surface area contributed by atoms with Crippen molar-refractivity contribution in [2.24, 2.45) is 17.8 Å². The van der Waals surface area contributed by atoms with Gasteiger partial charge in [0.1, 0.15) is 17.3 Å². The fourth-order valence-electron chi connectivity index (χ4n) is 2.70. The molecule has 0 radical (unpaired) electrons. The van der Waals surface area contributed by atoms with Crippen molar-refractivity contribution in [3.05, 3.63) is 29.7 Å². The lowest BCUT2D eigenvalue weighted by atomic mass is 9.93. The summed E-state index contributed by atoms with van der Waals surface area (Å²) < 4.78 is 0. The summed E-state index contributed by atoms with van der Waals surface area (Å²) in [5, 5.41) is 3.14. The lowest BCUT2D eigenvalue weighted by molar-refractivity contribution is -0.120. The molecule has 3 atom stereocenters. The van der Waals surface area contributed by atoms with Gasteiger partial charge in [0.25, 0.3) is 0 Å². The number of nitrogens with zero attached hydrogens (tertiary/aromatic N) is 2. The Morgan fingerprint density at radius 3 is 2.88 bits per heavy atom. The van der Waals surface area contributed by atoms with Gasteiger partial charge in [-0.3, -0.25) is 4.79 Å². The van der Waals surface area contributed by atoms with E-state index in [9.17, 15) is 4.79 Å². The van der Waals surface area contributed by atoms with E-state index in [0.717, 1.165) is 12.8 Å². The molecule has 0 aliphatic heterocycles. The van der Waals surface area contributed by atoms with Crippen LogP contribution < -0.4 is 5.32 Å². The van der Waals surface area contributed by atoms with E-state index in [-0.39, 0.29) is 11.8 Å². The van der Waals surface area contributed by atoms with E-state index in [2.05, 4.69) is 27.4 Å². The number of rotatable bonds is 2. The lowest BCUT2D eigenvalue weighted by Gasteiger charge is -2.16. The number of nitrogens with one attached hydrogen (secondary N) is 1. The van der Waals surface area contributed by atoms with Crippen molar-refractivity contribution in [3.8, 4) is 0 Å². The van der Waals surface area contributed by atoms with Crippen molar-refractivity contribution in [3.63, 3.8) is 0 Å². The quantitative estimate of drug-likeness (QED) is 0.646. The van der Waals surface area contributed by atoms with Gasteiger partial charge in [-0.1, -0.05) is 23.8 Å². The Kier molecular flexibility index (Phi) is 2.59. The van der Waals surface area contributed by atoms with Gasteiger partial charge >= 0.3 is 0 Å². The van der Waals surface area contributed by atoms with Crippen LogP contribution in [0.5, 0.6) is 0 Å². The number of halogens is 1. The summed E-state index contributed by atoms with van der Waals surface area (Å²) in [6.45, 7) is 0. The Morgan fingerprint density at radius 2 is 2.24 bits per heavy atom. The molecule has 2 aliphatic carbocycles. The molecular weight excluding hydrogens is 238 g/mol. The van der Waals surface area contributed by atoms with Crippen LogP contribution in [0.1, 0.15) is 12.8 Å². The Morgan fingerprint density at radius 1 is 1.35 bits per heavy atom. The Balaban J connectivity index is 1.70. The second kappa shape index (κ2) is 4.11. The summed E-state index contributed by atoms with van der Waals surface area (Å²) >= 11 is 5.74. The first kappa shape index (κ1) is 10.7. The summed E-state index contributed by atoms with van der Waals surface area (Å²) in [7, 11) is 0. The molecule has 3 rings (SSSR count). The first-order chi connectivity index (χ1) is 8.22. The van der Waals surface area contributed by atoms with E-state index < -0.39 is 0 Å². The summed E-state index contributed by atoms with van der Waals surface area (Å²) in [5.74, 6) is 1.58. The molecule has 4 nitrogen and oxygen atoms in total. The molecule has 3 unspecified atom stereocenters. The third-order valence-corrected chi connectivity index (χ3v) is 3.71. The fraction of sp³-hybridized carbons (Fsp3) is 0.417. The lowest BCUT2D eigenvalue weighted by Crippen LogP contribution is -2.26. The molecule has 1 saturated carbocycles. The number of carbonyl (C=O) groups excluding carboxylic acids is 1. The van der Waals surface area contributed by atoms with Crippen molar-refractivity contribution in [2.75, 3.05) is 5.32 Å². The van der Waals surface area contributed by atoms with Crippen LogP contribution >= 0.6 is 11.6 Å². The predicted octanol–water partition coefficient (Wildman–Crippen LogP) is 2.28. The van der Waals surface area contributed by atoms with Gasteiger partial charge in [-0.05, 0) is 24.7 Å². The zero-order chi connectivity index (χ0) is 11.8. The van der Waals surface area contributed by atoms with Crippen molar-refractivity contribution in [1.82, 2.24) is 9.97 Å². The van der Waals surface area contributed by atoms with Crippen molar-refractivity contribution < 1.29 is 4.79 Å². The van der Waals surface area contributed by atoms with E-state index in [1.165, 1.54) is 6.33 Å². The molecule has 5 heteroatoms. The maximum atomic E-state index is 12.1. The molecule has 1 N–H and O–H groups in total. The first-order valence-corrected chi connectivity index (χ1v) is 6.07. The molecule has 0 aromatic carbocycles. The van der Waals surface area contributed by atoms with E-state index in [0.29, 0.717) is 22.8 Å². The van der Waals surface area contributed by atoms with Crippen LogP contribution in [-0.2, 0) is 4.79 Å². The van der Waals surface area contributed by atoms with Crippen LogP contribution in [0.25, 0.3) is 0 Å². The third kappa shape index (κ3) is 2.05. The molecule has 1 aromatic heterocycles. The summed E-state index contributed by atoms with van der Waals surface area (Å²) in [4.78, 5) is 19.8. The molecule has 1 aromatic rings. The Bertz CT molecular complexity index is 488. The number of amides is 1. The second-order valence-electron chi connectivity index (χ2n) is 4.60. The van der Waals surface area contributed by atoms with Crippen LogP contribution in [0, 0.1) is 17.8 Å². The minimum Gasteiger partial charge on any atom is -0.310 e. The molecule has 0 saturated heterocycles. The van der Waals surface area contributed by atoms with Gasteiger partial charge in [-0.15, -0.1) is 0 Å². The summed E-state index contributed by atoms with van der Waals surface area (Å²) in [5.41, 5.74) is 0. The van der Waals surface area contributed by atoms with E-state index >= 15 is 0 Å². The van der Waals surface area contributed by atoms with Crippen LogP contribution in [0.4, 0.5) is 5.82 Å². The minimum absolute atomic E-state index is 0.0385. The highest BCUT2D eigenvalue weighted by Crippen LogP contribution is 2.43. The highest BCUT2D eigenvalue weighted by molar-refractivity contribution is 6.29. The highest BCUT2D eigenvalue weighted by atomic mass is 35.5. The monoisotopic (exact) mass is 249 g/mol. The molecule has 0 spiro atoms. The van der Waals surface area contributed by atoms with Gasteiger partial charge in [0.05, 0.1) is 0 Å². The van der Waals surface area contributed by atoms with Gasteiger partial charge < -0.3 is 5.32 Å². The van der Waals surface area contributed by atoms with Gasteiger partial charge in [0.2, 0.25) is 5.91 Å². The average Bonchev–Trinajstić information content (AvgIpc) is 2.90. The van der Waals surface area contributed by atoms with E-state index in [1.807, 2.05) is 0 Å². The fourth-order valence-corrected chi connectivity index (χ4v) is 2.85. The SMILES string of the molecule is O=C(Nc1cc(Cl)ncn1)C1CC2C=CC1C2. The number of carbonyl (C=O) groups is 1. The molecule has 1 amide bonds. The first-order valence-electron chi connectivity index (χ1n) is 5.69. The van der Waals surface area contributed by atoms with Crippen LogP contribution in [0.2, 0.25) is 5.15 Å². The topological polar surface area (TPSA) is 54.9 Å². The molecule has 17 heavy (non-hydrogen) atoms. The average molecular weight is 250 g/mol. The summed E-state index contributed by atoms with van der Waals surface area (Å²) in [6, 6.07) is 1.56. The third-order valence-electron chi connectivity index (χ3n) is 3.50. The van der Waals surface area contributed by atoms with Crippen LogP contribution in [0.3, 0.4) is 0 Å². The Labute approximate surface area is 104 Å². The standard InChI is InChI=1S/C12H12ClN3O/c13-10-5-11(15-6-14-10)16-12(17)9-4-7-1-2-8(9)3-7/h1-2,5-9H,3-4H2,(H,14,15,16,17). The molecule has 2 aliphatic rings.